The second-order valence-corrected chi connectivity index (χ2v) is 5.68. The number of alkyl halides is 3. The van der Waals surface area contributed by atoms with Crippen molar-refractivity contribution in [3.05, 3.63) is 0 Å². The molecule has 0 saturated heterocycles. The lowest BCUT2D eigenvalue weighted by molar-refractivity contribution is -0.193. The van der Waals surface area contributed by atoms with Gasteiger partial charge in [-0.3, -0.25) is 0 Å². The zero-order chi connectivity index (χ0) is 11.7. The highest BCUT2D eigenvalue weighted by Crippen LogP contribution is 2.41. The zero-order valence-electron chi connectivity index (χ0n) is 8.13. The molecule has 1 saturated carbocycles. The first kappa shape index (κ1) is 12.8. The van der Waals surface area contributed by atoms with Gasteiger partial charge >= 0.3 is 6.18 Å². The Bertz CT molecular complexity index is 312. The molecular formula is C8H14F3NO2S. The van der Waals surface area contributed by atoms with Gasteiger partial charge in [-0.1, -0.05) is 12.8 Å². The smallest absolute Gasteiger partial charge is 0.229 e. The maximum Gasteiger partial charge on any atom is 0.392 e. The molecular weight excluding hydrogens is 231 g/mol. The highest BCUT2D eigenvalue weighted by atomic mass is 32.2. The van der Waals surface area contributed by atoms with E-state index in [1.165, 1.54) is 0 Å². The Morgan fingerprint density at radius 3 is 2.20 bits per heavy atom. The molecule has 0 aromatic carbocycles. The van der Waals surface area contributed by atoms with Gasteiger partial charge in [-0.15, -0.1) is 0 Å². The predicted molar refractivity (Wildman–Crippen MR) is 49.5 cm³/mol. The molecule has 1 fully saturated rings. The molecule has 7 heteroatoms. The first-order valence-corrected chi connectivity index (χ1v) is 6.49. The molecule has 0 aromatic rings. The quantitative estimate of drug-likeness (QED) is 0.804. The lowest BCUT2D eigenvalue weighted by Gasteiger charge is -2.32. The van der Waals surface area contributed by atoms with Crippen molar-refractivity contribution in [2.45, 2.75) is 31.9 Å². The fraction of sp³-hybridized carbons (Fsp3) is 1.00. The summed E-state index contributed by atoms with van der Waals surface area (Å²) in [6, 6.07) is 0. The van der Waals surface area contributed by atoms with Crippen molar-refractivity contribution in [2.24, 2.45) is 17.0 Å². The molecule has 90 valence electrons. The fourth-order valence-corrected chi connectivity index (χ4v) is 3.13. The summed E-state index contributed by atoms with van der Waals surface area (Å²) >= 11 is 0. The summed E-state index contributed by atoms with van der Waals surface area (Å²) in [5.41, 5.74) is 0. The van der Waals surface area contributed by atoms with Gasteiger partial charge < -0.3 is 0 Å². The average Bonchev–Trinajstić information content (AvgIpc) is 1.99. The van der Waals surface area contributed by atoms with Gasteiger partial charge in [0.25, 0.3) is 0 Å². The van der Waals surface area contributed by atoms with Crippen molar-refractivity contribution in [1.29, 1.82) is 0 Å². The Labute approximate surface area is 86.9 Å². The number of nitrogens with two attached hydrogens (primary N) is 1. The largest absolute Gasteiger partial charge is 0.392 e. The molecule has 0 spiro atoms. The number of hydrogen-bond acceptors (Lipinski definition) is 2. The molecule has 0 aliphatic heterocycles. The molecule has 2 N–H and O–H groups in total. The van der Waals surface area contributed by atoms with Crippen LogP contribution in [0.15, 0.2) is 0 Å². The van der Waals surface area contributed by atoms with E-state index in [0.29, 0.717) is 19.3 Å². The van der Waals surface area contributed by atoms with Crippen molar-refractivity contribution < 1.29 is 21.6 Å². The third-order valence-electron chi connectivity index (χ3n) is 2.78. The van der Waals surface area contributed by atoms with Crippen LogP contribution in [0.2, 0.25) is 0 Å². The number of sulfonamides is 1. The number of rotatable bonds is 2. The van der Waals surface area contributed by atoms with Crippen LogP contribution < -0.4 is 5.14 Å². The summed E-state index contributed by atoms with van der Waals surface area (Å²) in [5.74, 6) is -2.93. The van der Waals surface area contributed by atoms with Crippen molar-refractivity contribution >= 4 is 10.0 Å². The summed E-state index contributed by atoms with van der Waals surface area (Å²) in [5, 5.41) is 4.78. The normalized spacial score (nSPS) is 29.1. The molecule has 0 aromatic heterocycles. The van der Waals surface area contributed by atoms with Crippen molar-refractivity contribution in [3.8, 4) is 0 Å². The molecule has 0 radical (unpaired) electrons. The Morgan fingerprint density at radius 1 is 1.20 bits per heavy atom. The highest BCUT2D eigenvalue weighted by Gasteiger charge is 2.46. The molecule has 1 aliphatic rings. The van der Waals surface area contributed by atoms with Gasteiger partial charge in [-0.2, -0.15) is 13.2 Å². The third-order valence-corrected chi connectivity index (χ3v) is 3.67. The van der Waals surface area contributed by atoms with Crippen LogP contribution in [0.4, 0.5) is 13.2 Å². The molecule has 0 bridgehead atoms. The molecule has 2 unspecified atom stereocenters. The average molecular weight is 245 g/mol. The predicted octanol–water partition coefficient (Wildman–Crippen LogP) is 1.64. The number of hydrogen-bond donors (Lipinski definition) is 1. The summed E-state index contributed by atoms with van der Waals surface area (Å²) in [7, 11) is -3.82. The van der Waals surface area contributed by atoms with Gasteiger partial charge in [0.15, 0.2) is 0 Å². The topological polar surface area (TPSA) is 60.2 Å². The van der Waals surface area contributed by atoms with Gasteiger partial charge in [0.2, 0.25) is 10.0 Å². The van der Waals surface area contributed by atoms with E-state index in [1.807, 2.05) is 0 Å². The second kappa shape index (κ2) is 4.29. The zero-order valence-corrected chi connectivity index (χ0v) is 8.94. The minimum Gasteiger partial charge on any atom is -0.229 e. The summed E-state index contributed by atoms with van der Waals surface area (Å²) in [6.45, 7) is 0. The Balaban J connectivity index is 2.75. The van der Waals surface area contributed by atoms with Crippen LogP contribution in [0.1, 0.15) is 25.7 Å². The van der Waals surface area contributed by atoms with E-state index >= 15 is 0 Å². The number of primary sulfonamides is 1. The van der Waals surface area contributed by atoms with E-state index in [4.69, 9.17) is 5.14 Å². The van der Waals surface area contributed by atoms with Gasteiger partial charge in [0.1, 0.15) is 0 Å². The Morgan fingerprint density at radius 2 is 1.73 bits per heavy atom. The maximum absolute atomic E-state index is 12.5. The van der Waals surface area contributed by atoms with Gasteiger partial charge in [0, 0.05) is 0 Å². The first-order valence-electron chi connectivity index (χ1n) is 4.77. The van der Waals surface area contributed by atoms with Crippen LogP contribution >= 0.6 is 0 Å². The van der Waals surface area contributed by atoms with E-state index in [1.54, 1.807) is 0 Å². The molecule has 1 aliphatic carbocycles. The van der Waals surface area contributed by atoms with E-state index in [0.717, 1.165) is 0 Å². The van der Waals surface area contributed by atoms with Crippen LogP contribution in [0.25, 0.3) is 0 Å². The van der Waals surface area contributed by atoms with Crippen LogP contribution in [-0.2, 0) is 10.0 Å². The lowest BCUT2D eigenvalue weighted by Crippen LogP contribution is -2.38. The van der Waals surface area contributed by atoms with E-state index in [2.05, 4.69) is 0 Å². The standard InChI is InChI=1S/C8H14F3NO2S/c9-8(10,11)7-4-2-1-3-6(7)5-15(12,13)14/h6-7H,1-5H2,(H2,12,13,14). The van der Waals surface area contributed by atoms with E-state index in [9.17, 15) is 21.6 Å². The maximum atomic E-state index is 12.5. The molecule has 15 heavy (non-hydrogen) atoms. The van der Waals surface area contributed by atoms with Crippen LogP contribution in [0.5, 0.6) is 0 Å². The Kier molecular flexibility index (Phi) is 3.65. The van der Waals surface area contributed by atoms with Gasteiger partial charge in [-0.25, -0.2) is 13.6 Å². The SMILES string of the molecule is NS(=O)(=O)CC1CCCCC1C(F)(F)F. The summed E-state index contributed by atoms with van der Waals surface area (Å²) in [6.07, 6.45) is -2.85. The minimum atomic E-state index is -4.31. The molecule has 2 atom stereocenters. The van der Waals surface area contributed by atoms with Crippen LogP contribution in [0, 0.1) is 11.8 Å². The van der Waals surface area contributed by atoms with Crippen LogP contribution in [0.3, 0.4) is 0 Å². The highest BCUT2D eigenvalue weighted by molar-refractivity contribution is 7.89. The monoisotopic (exact) mass is 245 g/mol. The fourth-order valence-electron chi connectivity index (χ4n) is 2.14. The van der Waals surface area contributed by atoms with E-state index in [-0.39, 0.29) is 6.42 Å². The molecule has 1 rings (SSSR count). The van der Waals surface area contributed by atoms with Gasteiger partial charge in [-0.05, 0) is 18.8 Å². The first-order chi connectivity index (χ1) is 6.70. The van der Waals surface area contributed by atoms with Crippen molar-refractivity contribution in [1.82, 2.24) is 0 Å². The van der Waals surface area contributed by atoms with Gasteiger partial charge in [0.05, 0.1) is 11.7 Å². The Hall–Kier alpha value is -0.300. The van der Waals surface area contributed by atoms with Crippen LogP contribution in [-0.4, -0.2) is 20.3 Å². The third kappa shape index (κ3) is 3.98. The van der Waals surface area contributed by atoms with Crippen molar-refractivity contribution in [3.63, 3.8) is 0 Å². The van der Waals surface area contributed by atoms with E-state index < -0.39 is 33.8 Å². The number of halogens is 3. The van der Waals surface area contributed by atoms with Crippen molar-refractivity contribution in [2.75, 3.05) is 5.75 Å². The molecule has 0 heterocycles. The molecule has 0 amide bonds. The minimum absolute atomic E-state index is 0.0175. The lowest BCUT2D eigenvalue weighted by atomic mass is 9.80. The summed E-state index contributed by atoms with van der Waals surface area (Å²) in [4.78, 5) is 0. The second-order valence-electron chi connectivity index (χ2n) is 4.02. The molecule has 3 nitrogen and oxygen atoms in total. The summed E-state index contributed by atoms with van der Waals surface area (Å²) < 4.78 is 59.2.